The number of piperidine rings is 2. The Morgan fingerprint density at radius 1 is 0.962 bits per heavy atom. The molecule has 0 spiro atoms. The number of carbonyl (C=O) groups is 2. The van der Waals surface area contributed by atoms with E-state index in [0.29, 0.717) is 12.0 Å². The summed E-state index contributed by atoms with van der Waals surface area (Å²) < 4.78 is 0. The first-order valence-electron chi connectivity index (χ1n) is 10.8. The second-order valence-electron chi connectivity index (χ2n) is 8.57. The molecular formula is C21H39N3O2. The standard InChI is InChI=1S/C21H39N3O2/c1-4-8-18(10-9-17(2)3)20(25)22-21(26)24-15-11-19(12-16-24)23-13-6-5-7-14-23/h17-19H,4-16H2,1-3H3,(H,22,25,26)/t18-/m0/s1. The zero-order chi connectivity index (χ0) is 18.9. The lowest BCUT2D eigenvalue weighted by molar-refractivity contribution is -0.124. The quantitative estimate of drug-likeness (QED) is 0.741. The topological polar surface area (TPSA) is 52.7 Å². The molecule has 0 aromatic heterocycles. The first kappa shape index (κ1) is 21.2. The lowest BCUT2D eigenvalue weighted by atomic mass is 9.93. The van der Waals surface area contributed by atoms with E-state index in [1.165, 1.54) is 32.4 Å². The average Bonchev–Trinajstić information content (AvgIpc) is 2.65. The van der Waals surface area contributed by atoms with Gasteiger partial charge in [-0.2, -0.15) is 0 Å². The van der Waals surface area contributed by atoms with Gasteiger partial charge in [0.15, 0.2) is 0 Å². The van der Waals surface area contributed by atoms with Crippen LogP contribution in [0.1, 0.15) is 78.6 Å². The highest BCUT2D eigenvalue weighted by molar-refractivity contribution is 5.95. The third-order valence-electron chi connectivity index (χ3n) is 5.99. The number of hydrogen-bond donors (Lipinski definition) is 1. The molecule has 0 aliphatic carbocycles. The maximum Gasteiger partial charge on any atom is 0.324 e. The van der Waals surface area contributed by atoms with Crippen LogP contribution in [0, 0.1) is 11.8 Å². The van der Waals surface area contributed by atoms with E-state index in [9.17, 15) is 9.59 Å². The molecule has 0 radical (unpaired) electrons. The molecule has 0 saturated carbocycles. The van der Waals surface area contributed by atoms with Gasteiger partial charge in [0.2, 0.25) is 5.91 Å². The third kappa shape index (κ3) is 6.57. The van der Waals surface area contributed by atoms with E-state index in [2.05, 4.69) is 31.0 Å². The number of likely N-dealkylation sites (tertiary alicyclic amines) is 2. The summed E-state index contributed by atoms with van der Waals surface area (Å²) in [7, 11) is 0. The number of carbonyl (C=O) groups excluding carboxylic acids is 2. The van der Waals surface area contributed by atoms with Gasteiger partial charge in [0.05, 0.1) is 0 Å². The molecule has 1 atom stereocenters. The van der Waals surface area contributed by atoms with Crippen LogP contribution in [-0.4, -0.2) is 54.0 Å². The van der Waals surface area contributed by atoms with Crippen LogP contribution >= 0.6 is 0 Å². The maximum absolute atomic E-state index is 12.5. The molecule has 2 heterocycles. The van der Waals surface area contributed by atoms with Crippen LogP contribution in [0.15, 0.2) is 0 Å². The molecule has 0 unspecified atom stereocenters. The van der Waals surface area contributed by atoms with E-state index in [-0.39, 0.29) is 17.9 Å². The lowest BCUT2D eigenvalue weighted by Crippen LogP contribution is -2.52. The molecule has 2 rings (SSSR count). The van der Waals surface area contributed by atoms with Crippen LogP contribution in [0.5, 0.6) is 0 Å². The van der Waals surface area contributed by atoms with E-state index < -0.39 is 0 Å². The highest BCUT2D eigenvalue weighted by Gasteiger charge is 2.29. The zero-order valence-electron chi connectivity index (χ0n) is 17.1. The first-order valence-corrected chi connectivity index (χ1v) is 10.8. The number of rotatable bonds is 7. The number of urea groups is 1. The van der Waals surface area contributed by atoms with E-state index >= 15 is 0 Å². The highest BCUT2D eigenvalue weighted by atomic mass is 16.2. The van der Waals surface area contributed by atoms with E-state index in [1.54, 1.807) is 0 Å². The molecular weight excluding hydrogens is 326 g/mol. The van der Waals surface area contributed by atoms with Crippen molar-refractivity contribution in [2.75, 3.05) is 26.2 Å². The molecule has 0 aromatic rings. The number of nitrogens with one attached hydrogen (secondary N) is 1. The Labute approximate surface area is 159 Å². The fraction of sp³-hybridized carbons (Fsp3) is 0.905. The van der Waals surface area contributed by atoms with Gasteiger partial charge >= 0.3 is 6.03 Å². The fourth-order valence-corrected chi connectivity index (χ4v) is 4.29. The maximum atomic E-state index is 12.5. The molecule has 150 valence electrons. The normalized spacial score (nSPS) is 21.0. The number of hydrogen-bond acceptors (Lipinski definition) is 3. The van der Waals surface area contributed by atoms with E-state index in [4.69, 9.17) is 0 Å². The highest BCUT2D eigenvalue weighted by Crippen LogP contribution is 2.21. The molecule has 1 N–H and O–H groups in total. The minimum absolute atomic E-state index is 0.0303. The first-order chi connectivity index (χ1) is 12.5. The van der Waals surface area contributed by atoms with Crippen molar-refractivity contribution in [3.63, 3.8) is 0 Å². The van der Waals surface area contributed by atoms with Crippen LogP contribution in [-0.2, 0) is 4.79 Å². The van der Waals surface area contributed by atoms with Gasteiger partial charge in [-0.3, -0.25) is 10.1 Å². The molecule has 26 heavy (non-hydrogen) atoms. The Morgan fingerprint density at radius 2 is 1.62 bits per heavy atom. The average molecular weight is 366 g/mol. The molecule has 0 bridgehead atoms. The summed E-state index contributed by atoms with van der Waals surface area (Å²) in [4.78, 5) is 29.5. The Hall–Kier alpha value is -1.10. The summed E-state index contributed by atoms with van der Waals surface area (Å²) in [6.07, 6.45) is 9.80. The molecule has 5 nitrogen and oxygen atoms in total. The second-order valence-corrected chi connectivity index (χ2v) is 8.57. The largest absolute Gasteiger partial charge is 0.324 e. The molecule has 2 aliphatic rings. The Kier molecular flexibility index (Phi) is 8.89. The molecule has 0 aromatic carbocycles. The van der Waals surface area contributed by atoms with Gasteiger partial charge in [-0.05, 0) is 57.5 Å². The van der Waals surface area contributed by atoms with Crippen molar-refractivity contribution in [3.05, 3.63) is 0 Å². The summed E-state index contributed by atoms with van der Waals surface area (Å²) in [5, 5.41) is 2.69. The monoisotopic (exact) mass is 365 g/mol. The van der Waals surface area contributed by atoms with E-state index in [1.807, 2.05) is 4.90 Å². The molecule has 2 saturated heterocycles. The van der Waals surface area contributed by atoms with Crippen molar-refractivity contribution in [3.8, 4) is 0 Å². The van der Waals surface area contributed by atoms with E-state index in [0.717, 1.165) is 51.6 Å². The number of imide groups is 1. The van der Waals surface area contributed by atoms with Crippen LogP contribution in [0.3, 0.4) is 0 Å². The summed E-state index contributed by atoms with van der Waals surface area (Å²) in [6, 6.07) is 0.437. The van der Waals surface area contributed by atoms with Gasteiger partial charge in [-0.15, -0.1) is 0 Å². The number of nitrogens with zero attached hydrogens (tertiary/aromatic N) is 2. The predicted molar refractivity (Wildman–Crippen MR) is 106 cm³/mol. The summed E-state index contributed by atoms with van der Waals surface area (Å²) in [6.45, 7) is 10.4. The van der Waals surface area contributed by atoms with Crippen molar-refractivity contribution in [2.45, 2.75) is 84.6 Å². The van der Waals surface area contributed by atoms with Gasteiger partial charge in [-0.25, -0.2) is 4.79 Å². The van der Waals surface area contributed by atoms with Crippen LogP contribution in [0.4, 0.5) is 4.79 Å². The Morgan fingerprint density at radius 3 is 2.19 bits per heavy atom. The fourth-order valence-electron chi connectivity index (χ4n) is 4.29. The second kappa shape index (κ2) is 10.9. The minimum atomic E-state index is -0.183. The van der Waals surface area contributed by atoms with Crippen molar-refractivity contribution >= 4 is 11.9 Å². The predicted octanol–water partition coefficient (Wildman–Crippen LogP) is 4.03. The van der Waals surface area contributed by atoms with Gasteiger partial charge in [-0.1, -0.05) is 40.0 Å². The lowest BCUT2D eigenvalue weighted by Gasteiger charge is -2.40. The van der Waals surface area contributed by atoms with Crippen LogP contribution < -0.4 is 5.32 Å². The van der Waals surface area contributed by atoms with Gasteiger partial charge in [0.1, 0.15) is 0 Å². The van der Waals surface area contributed by atoms with Crippen LogP contribution in [0.2, 0.25) is 0 Å². The van der Waals surface area contributed by atoms with Gasteiger partial charge < -0.3 is 9.80 Å². The zero-order valence-corrected chi connectivity index (χ0v) is 17.1. The van der Waals surface area contributed by atoms with Gasteiger partial charge in [0.25, 0.3) is 0 Å². The van der Waals surface area contributed by atoms with Crippen molar-refractivity contribution < 1.29 is 9.59 Å². The van der Waals surface area contributed by atoms with Crippen molar-refractivity contribution in [2.24, 2.45) is 11.8 Å². The molecule has 3 amide bonds. The van der Waals surface area contributed by atoms with Crippen LogP contribution in [0.25, 0.3) is 0 Å². The van der Waals surface area contributed by atoms with Crippen molar-refractivity contribution in [1.29, 1.82) is 0 Å². The summed E-state index contributed by atoms with van der Waals surface area (Å²) >= 11 is 0. The Bertz CT molecular complexity index is 439. The SMILES string of the molecule is CCC[C@@H](CCC(C)C)C(=O)NC(=O)N1CCC(N2CCCCC2)CC1. The summed E-state index contributed by atoms with van der Waals surface area (Å²) in [5.41, 5.74) is 0. The Balaban J connectivity index is 1.76. The molecule has 2 fully saturated rings. The molecule has 2 aliphatic heterocycles. The minimum Gasteiger partial charge on any atom is -0.324 e. The third-order valence-corrected chi connectivity index (χ3v) is 5.99. The van der Waals surface area contributed by atoms with Gasteiger partial charge in [0, 0.05) is 25.0 Å². The van der Waals surface area contributed by atoms with Crippen molar-refractivity contribution in [1.82, 2.24) is 15.1 Å². The number of amides is 3. The smallest absolute Gasteiger partial charge is 0.324 e. The molecule has 5 heteroatoms. The summed E-state index contributed by atoms with van der Waals surface area (Å²) in [5.74, 6) is 0.486.